The number of hydrogen-bond donors (Lipinski definition) is 1. The number of aliphatic hydroxyl groups excluding tert-OH is 1. The molecule has 0 heterocycles. The van der Waals surface area contributed by atoms with Crippen LogP contribution in [0.1, 0.15) is 23.6 Å². The minimum atomic E-state index is 0.0639. The average molecular weight is 468 g/mol. The molecule has 1 unspecified atom stereocenters. The van der Waals surface area contributed by atoms with Crippen LogP contribution in [-0.2, 0) is 19.6 Å². The van der Waals surface area contributed by atoms with E-state index in [2.05, 4.69) is 60.4 Å². The quantitative estimate of drug-likeness (QED) is 0.266. The third-order valence-electron chi connectivity index (χ3n) is 5.94. The second kappa shape index (κ2) is 12.6. The highest BCUT2D eigenvalue weighted by molar-refractivity contribution is 5.56. The third kappa shape index (κ3) is 7.36. The summed E-state index contributed by atoms with van der Waals surface area (Å²) in [5.74, 6) is 1.48. The summed E-state index contributed by atoms with van der Waals surface area (Å²) in [4.78, 5) is 2.22. The summed E-state index contributed by atoms with van der Waals surface area (Å²) in [5.41, 5.74) is 4.44. The molecule has 180 valence electrons. The van der Waals surface area contributed by atoms with Gasteiger partial charge < -0.3 is 19.5 Å². The highest BCUT2D eigenvalue weighted by atomic mass is 16.5. The summed E-state index contributed by atoms with van der Waals surface area (Å²) in [7, 11) is 0. The van der Waals surface area contributed by atoms with Crippen LogP contribution in [0, 0.1) is 0 Å². The van der Waals surface area contributed by atoms with Gasteiger partial charge in [-0.3, -0.25) is 0 Å². The van der Waals surface area contributed by atoms with Crippen LogP contribution in [0.25, 0.3) is 0 Å². The molecule has 4 heteroatoms. The van der Waals surface area contributed by atoms with E-state index in [1.165, 1.54) is 5.56 Å². The molecule has 0 aliphatic rings. The fourth-order valence-electron chi connectivity index (χ4n) is 4.15. The lowest BCUT2D eigenvalue weighted by atomic mass is 10.1. The van der Waals surface area contributed by atoms with Gasteiger partial charge in [0.05, 0.1) is 6.61 Å². The second-order valence-corrected chi connectivity index (χ2v) is 8.67. The maximum Gasteiger partial charge on any atom is 0.125 e. The predicted octanol–water partition coefficient (Wildman–Crippen LogP) is 6.27. The van der Waals surface area contributed by atoms with Gasteiger partial charge in [-0.25, -0.2) is 0 Å². The smallest absolute Gasteiger partial charge is 0.125 e. The average Bonchev–Trinajstić information content (AvgIpc) is 2.91. The lowest BCUT2D eigenvalue weighted by Crippen LogP contribution is -2.37. The zero-order chi connectivity index (χ0) is 24.3. The molecule has 0 saturated carbocycles. The lowest BCUT2D eigenvalue weighted by molar-refractivity contribution is 0.288. The van der Waals surface area contributed by atoms with Gasteiger partial charge in [-0.2, -0.15) is 0 Å². The minimum absolute atomic E-state index is 0.0639. The van der Waals surface area contributed by atoms with E-state index < -0.39 is 0 Å². The number of rotatable bonds is 12. The van der Waals surface area contributed by atoms with E-state index in [0.717, 1.165) is 34.7 Å². The summed E-state index contributed by atoms with van der Waals surface area (Å²) < 4.78 is 12.4. The first kappa shape index (κ1) is 24.4. The Balaban J connectivity index is 1.58. The Bertz CT molecular complexity index is 1090. The van der Waals surface area contributed by atoms with E-state index in [4.69, 9.17) is 9.47 Å². The third-order valence-corrected chi connectivity index (χ3v) is 5.94. The molecule has 0 bridgehead atoms. The van der Waals surface area contributed by atoms with Crippen LogP contribution in [0.15, 0.2) is 109 Å². The first-order valence-corrected chi connectivity index (χ1v) is 12.1. The molecule has 35 heavy (non-hydrogen) atoms. The summed E-state index contributed by atoms with van der Waals surface area (Å²) in [6.45, 7) is 3.72. The normalized spacial score (nSPS) is 11.6. The number of aliphatic hydroxyl groups is 1. The van der Waals surface area contributed by atoms with E-state index in [0.29, 0.717) is 19.8 Å². The number of nitrogens with zero attached hydrogens (tertiary/aromatic N) is 1. The number of ether oxygens (including phenoxy) is 2. The molecule has 4 rings (SSSR count). The van der Waals surface area contributed by atoms with Gasteiger partial charge in [0.15, 0.2) is 0 Å². The monoisotopic (exact) mass is 467 g/mol. The lowest BCUT2D eigenvalue weighted by Gasteiger charge is -2.31. The molecule has 0 radical (unpaired) electrons. The van der Waals surface area contributed by atoms with Crippen molar-refractivity contribution in [3.8, 4) is 11.5 Å². The van der Waals surface area contributed by atoms with E-state index >= 15 is 0 Å². The van der Waals surface area contributed by atoms with Gasteiger partial charge >= 0.3 is 0 Å². The maximum absolute atomic E-state index is 9.85. The van der Waals surface area contributed by atoms with Crippen LogP contribution in [0.4, 0.5) is 5.69 Å². The predicted molar refractivity (Wildman–Crippen MR) is 142 cm³/mol. The first-order valence-electron chi connectivity index (χ1n) is 12.1. The number of hydrogen-bond acceptors (Lipinski definition) is 4. The van der Waals surface area contributed by atoms with Crippen molar-refractivity contribution in [3.05, 3.63) is 126 Å². The summed E-state index contributed by atoms with van der Waals surface area (Å²) >= 11 is 0. The summed E-state index contributed by atoms with van der Waals surface area (Å²) in [6.07, 6.45) is 0.871. The molecule has 0 aromatic heterocycles. The fourth-order valence-corrected chi connectivity index (χ4v) is 4.15. The molecule has 0 amide bonds. The SMILES string of the molecule is CC(Cc1ccccc1)N(CCO)c1cc(OCc2ccccc2)cc(OCc2ccccc2)c1. The largest absolute Gasteiger partial charge is 0.489 e. The molecule has 0 fully saturated rings. The molecular weight excluding hydrogens is 434 g/mol. The van der Waals surface area contributed by atoms with Gasteiger partial charge in [-0.05, 0) is 30.0 Å². The van der Waals surface area contributed by atoms with Gasteiger partial charge in [-0.15, -0.1) is 0 Å². The zero-order valence-electron chi connectivity index (χ0n) is 20.2. The summed E-state index contributed by atoms with van der Waals surface area (Å²) in [5, 5.41) is 9.85. The highest BCUT2D eigenvalue weighted by Gasteiger charge is 2.17. The van der Waals surface area contributed by atoms with Crippen molar-refractivity contribution < 1.29 is 14.6 Å². The molecule has 0 aliphatic carbocycles. The molecular formula is C31H33NO3. The van der Waals surface area contributed by atoms with Crippen molar-refractivity contribution in [1.82, 2.24) is 0 Å². The first-order chi connectivity index (χ1) is 17.2. The van der Waals surface area contributed by atoms with E-state index in [9.17, 15) is 5.11 Å². The van der Waals surface area contributed by atoms with Gasteiger partial charge in [0.2, 0.25) is 0 Å². The van der Waals surface area contributed by atoms with E-state index in [1.807, 2.05) is 60.7 Å². The Labute approximate surface area is 208 Å². The van der Waals surface area contributed by atoms with E-state index in [-0.39, 0.29) is 12.6 Å². The van der Waals surface area contributed by atoms with Crippen molar-refractivity contribution in [2.75, 3.05) is 18.1 Å². The zero-order valence-corrected chi connectivity index (χ0v) is 20.2. The second-order valence-electron chi connectivity index (χ2n) is 8.67. The molecule has 0 aliphatic heterocycles. The Morgan fingerprint density at radius 1 is 0.657 bits per heavy atom. The Morgan fingerprint density at radius 3 is 1.57 bits per heavy atom. The van der Waals surface area contributed by atoms with Crippen LogP contribution in [0.2, 0.25) is 0 Å². The molecule has 4 aromatic rings. The highest BCUT2D eigenvalue weighted by Crippen LogP contribution is 2.31. The van der Waals surface area contributed by atoms with Gasteiger partial charge in [0.1, 0.15) is 24.7 Å². The minimum Gasteiger partial charge on any atom is -0.489 e. The van der Waals surface area contributed by atoms with Crippen molar-refractivity contribution in [1.29, 1.82) is 0 Å². The Hall–Kier alpha value is -3.76. The van der Waals surface area contributed by atoms with Crippen LogP contribution in [-0.4, -0.2) is 24.3 Å². The Kier molecular flexibility index (Phi) is 8.79. The van der Waals surface area contributed by atoms with Crippen molar-refractivity contribution >= 4 is 5.69 Å². The van der Waals surface area contributed by atoms with Crippen LogP contribution in [0.3, 0.4) is 0 Å². The van der Waals surface area contributed by atoms with Gasteiger partial charge in [0.25, 0.3) is 0 Å². The molecule has 4 aromatic carbocycles. The van der Waals surface area contributed by atoms with E-state index in [1.54, 1.807) is 0 Å². The van der Waals surface area contributed by atoms with Crippen molar-refractivity contribution in [3.63, 3.8) is 0 Å². The fraction of sp³-hybridized carbons (Fsp3) is 0.226. The standard InChI is InChI=1S/C31H33NO3/c1-25(19-26-11-5-2-6-12-26)32(17-18-33)29-20-30(34-23-27-13-7-3-8-14-27)22-31(21-29)35-24-28-15-9-4-10-16-28/h2-16,20-22,25,33H,17-19,23-24H2,1H3. The van der Waals surface area contributed by atoms with Gasteiger partial charge in [-0.1, -0.05) is 91.0 Å². The molecule has 1 atom stereocenters. The number of anilines is 1. The van der Waals surface area contributed by atoms with Crippen LogP contribution < -0.4 is 14.4 Å². The van der Waals surface area contributed by atoms with Gasteiger partial charge in [0, 0.05) is 36.5 Å². The van der Waals surface area contributed by atoms with Crippen LogP contribution >= 0.6 is 0 Å². The molecule has 0 spiro atoms. The maximum atomic E-state index is 9.85. The number of benzene rings is 4. The molecule has 4 nitrogen and oxygen atoms in total. The topological polar surface area (TPSA) is 41.9 Å². The van der Waals surface area contributed by atoms with Crippen LogP contribution in [0.5, 0.6) is 11.5 Å². The summed E-state index contributed by atoms with van der Waals surface area (Å²) in [6, 6.07) is 36.9. The molecule has 1 N–H and O–H groups in total. The van der Waals surface area contributed by atoms with Crippen molar-refractivity contribution in [2.45, 2.75) is 32.6 Å². The molecule has 0 saturated heterocycles. The Morgan fingerprint density at radius 2 is 1.11 bits per heavy atom. The van der Waals surface area contributed by atoms with Crippen molar-refractivity contribution in [2.24, 2.45) is 0 Å².